The van der Waals surface area contributed by atoms with Crippen molar-refractivity contribution < 1.29 is 14.2 Å². The molecular formula is C18H11FN3O2+. The first kappa shape index (κ1) is 13.4. The smallest absolute Gasteiger partial charge is 0.328 e. The molecule has 2 aromatic carbocycles. The van der Waals surface area contributed by atoms with E-state index in [9.17, 15) is 9.50 Å². The summed E-state index contributed by atoms with van der Waals surface area (Å²) in [7, 11) is 0. The molecule has 3 heterocycles. The van der Waals surface area contributed by atoms with Gasteiger partial charge in [-0.05, 0) is 28.9 Å². The fourth-order valence-corrected chi connectivity index (χ4v) is 2.88. The third-order valence-corrected chi connectivity index (χ3v) is 4.27. The van der Waals surface area contributed by atoms with Crippen LogP contribution in [0.4, 0.5) is 4.39 Å². The van der Waals surface area contributed by atoms with Crippen molar-refractivity contribution in [3.8, 4) is 5.69 Å². The molecule has 0 aliphatic carbocycles. The highest BCUT2D eigenvalue weighted by molar-refractivity contribution is 6.25. The van der Waals surface area contributed by atoms with Crippen LogP contribution in [0.3, 0.4) is 0 Å². The molecule has 5 rings (SSSR count). The Bertz CT molecular complexity index is 1100. The van der Waals surface area contributed by atoms with Crippen LogP contribution in [-0.4, -0.2) is 33.0 Å². The molecule has 0 radical (unpaired) electrons. The maximum Gasteiger partial charge on any atom is 0.328 e. The van der Waals surface area contributed by atoms with Gasteiger partial charge >= 0.3 is 12.1 Å². The van der Waals surface area contributed by atoms with Gasteiger partial charge in [0.1, 0.15) is 18.2 Å². The Labute approximate surface area is 135 Å². The molecule has 1 saturated heterocycles. The number of halogens is 1. The minimum absolute atomic E-state index is 0.363. The number of rotatable bonds is 3. The Morgan fingerprint density at radius 2 is 2.08 bits per heavy atom. The number of nitrogens with zero attached hydrogens (tertiary/aromatic N) is 3. The molecule has 1 aromatic heterocycles. The molecule has 0 amide bonds. The summed E-state index contributed by atoms with van der Waals surface area (Å²) in [6.45, 7) is 0. The van der Waals surface area contributed by atoms with Gasteiger partial charge in [0, 0.05) is 11.1 Å². The lowest BCUT2D eigenvalue weighted by Gasteiger charge is -2.07. The maximum absolute atomic E-state index is 14.3. The van der Waals surface area contributed by atoms with E-state index in [4.69, 9.17) is 4.74 Å². The fourth-order valence-electron chi connectivity index (χ4n) is 2.88. The standard InChI is InChI=1S/C18H11FN3O2/c19-14-6-12(2-3-13(14)17-18(23)24-17)22-9-21-15-4-1-10(5-16(15)22)11-7-20-8-11/h1-7,9,17-18,23H/q+1. The lowest BCUT2D eigenvalue weighted by molar-refractivity contribution is 0.156. The van der Waals surface area contributed by atoms with E-state index in [1.54, 1.807) is 24.7 Å². The average Bonchev–Trinajstić information content (AvgIpc) is 3.09. The maximum atomic E-state index is 14.3. The van der Waals surface area contributed by atoms with Crippen LogP contribution in [0.1, 0.15) is 17.2 Å². The zero-order chi connectivity index (χ0) is 16.3. The number of ether oxygens (including phenoxy) is 1. The SMILES string of the molecule is OC1OC1c1ccc(-n2cnc3ccc(C4=C=[N+]=C4)cc32)cc1F. The fraction of sp³-hybridized carbons (Fsp3) is 0.111. The monoisotopic (exact) mass is 320 g/mol. The van der Waals surface area contributed by atoms with E-state index in [1.165, 1.54) is 6.07 Å². The topological polar surface area (TPSA) is 64.7 Å². The van der Waals surface area contributed by atoms with Crippen molar-refractivity contribution in [2.75, 3.05) is 0 Å². The Morgan fingerprint density at radius 1 is 1.25 bits per heavy atom. The van der Waals surface area contributed by atoms with Crippen LogP contribution >= 0.6 is 0 Å². The molecule has 2 unspecified atom stereocenters. The normalized spacial score (nSPS) is 21.0. The predicted molar refractivity (Wildman–Crippen MR) is 87.5 cm³/mol. The Morgan fingerprint density at radius 3 is 2.75 bits per heavy atom. The molecule has 0 spiro atoms. The second-order valence-electron chi connectivity index (χ2n) is 5.75. The van der Waals surface area contributed by atoms with Crippen LogP contribution in [0.15, 0.2) is 42.7 Å². The Kier molecular flexibility index (Phi) is 2.65. The Hall–Kier alpha value is -3.01. The lowest BCUT2D eigenvalue weighted by Crippen LogP contribution is -1.99. The first-order valence-corrected chi connectivity index (χ1v) is 7.47. The molecule has 6 heteroatoms. The molecule has 2 aliphatic heterocycles. The molecule has 3 aromatic rings. The number of aromatic nitrogens is 2. The summed E-state index contributed by atoms with van der Waals surface area (Å²) in [5, 5.41) is 9.29. The Balaban J connectivity index is 1.61. The van der Waals surface area contributed by atoms with E-state index in [-0.39, 0.29) is 0 Å². The molecule has 5 nitrogen and oxygen atoms in total. The van der Waals surface area contributed by atoms with Gasteiger partial charge in [-0.25, -0.2) is 9.37 Å². The van der Waals surface area contributed by atoms with Crippen molar-refractivity contribution in [1.82, 2.24) is 14.2 Å². The third kappa shape index (κ3) is 1.96. The van der Waals surface area contributed by atoms with E-state index < -0.39 is 18.2 Å². The molecule has 0 saturated carbocycles. The van der Waals surface area contributed by atoms with Crippen LogP contribution in [0.25, 0.3) is 22.3 Å². The second-order valence-corrected chi connectivity index (χ2v) is 5.75. The number of fused-ring (bicyclic) bond motifs is 1. The minimum atomic E-state index is -0.907. The third-order valence-electron chi connectivity index (χ3n) is 4.27. The highest BCUT2D eigenvalue weighted by Crippen LogP contribution is 2.38. The summed E-state index contributed by atoms with van der Waals surface area (Å²) in [4.78, 5) is 4.36. The molecular weight excluding hydrogens is 309 g/mol. The summed E-state index contributed by atoms with van der Waals surface area (Å²) >= 11 is 0. The van der Waals surface area contributed by atoms with Gasteiger partial charge in [0.05, 0.1) is 16.7 Å². The van der Waals surface area contributed by atoms with Gasteiger partial charge in [0.25, 0.3) is 0 Å². The molecule has 2 atom stereocenters. The quantitative estimate of drug-likeness (QED) is 0.591. The molecule has 2 aliphatic rings. The van der Waals surface area contributed by atoms with Gasteiger partial charge in [-0.3, -0.25) is 4.57 Å². The molecule has 1 N–H and O–H groups in total. The number of hydrogen-bond donors (Lipinski definition) is 1. The molecule has 0 bridgehead atoms. The first-order valence-electron chi connectivity index (χ1n) is 7.47. The largest absolute Gasteiger partial charge is 0.366 e. The number of aliphatic hydroxyl groups is 1. The lowest BCUT2D eigenvalue weighted by atomic mass is 10.1. The van der Waals surface area contributed by atoms with E-state index in [1.807, 2.05) is 22.8 Å². The van der Waals surface area contributed by atoms with E-state index >= 15 is 0 Å². The first-order chi connectivity index (χ1) is 11.7. The van der Waals surface area contributed by atoms with Crippen molar-refractivity contribution in [3.63, 3.8) is 0 Å². The van der Waals surface area contributed by atoms with E-state index in [0.29, 0.717) is 11.3 Å². The molecule has 24 heavy (non-hydrogen) atoms. The number of allylic oxidation sites excluding steroid dienone is 1. The van der Waals surface area contributed by atoms with Gasteiger partial charge < -0.3 is 9.84 Å². The highest BCUT2D eigenvalue weighted by Gasteiger charge is 2.40. The van der Waals surface area contributed by atoms with Crippen LogP contribution in [0.5, 0.6) is 0 Å². The zero-order valence-electron chi connectivity index (χ0n) is 12.3. The summed E-state index contributed by atoms with van der Waals surface area (Å²) < 4.78 is 24.9. The van der Waals surface area contributed by atoms with Gasteiger partial charge in [0.15, 0.2) is 11.9 Å². The van der Waals surface area contributed by atoms with Crippen LogP contribution in [0.2, 0.25) is 0 Å². The summed E-state index contributed by atoms with van der Waals surface area (Å²) in [5.74, 6) is 2.47. The van der Waals surface area contributed by atoms with Gasteiger partial charge in [-0.15, -0.1) is 0 Å². The van der Waals surface area contributed by atoms with Crippen molar-refractivity contribution >= 4 is 28.7 Å². The number of hydrogen-bond acceptors (Lipinski definition) is 3. The van der Waals surface area contributed by atoms with Crippen molar-refractivity contribution in [3.05, 3.63) is 59.7 Å². The number of epoxide rings is 1. The van der Waals surface area contributed by atoms with Gasteiger partial charge in [-0.1, -0.05) is 12.1 Å². The van der Waals surface area contributed by atoms with Crippen molar-refractivity contribution in [1.29, 1.82) is 0 Å². The number of imidazole rings is 1. The average molecular weight is 320 g/mol. The van der Waals surface area contributed by atoms with Crippen LogP contribution in [0, 0.1) is 5.82 Å². The van der Waals surface area contributed by atoms with Crippen molar-refractivity contribution in [2.45, 2.75) is 12.4 Å². The predicted octanol–water partition coefficient (Wildman–Crippen LogP) is 1.76. The summed E-state index contributed by atoms with van der Waals surface area (Å²) in [5.41, 5.74) is 4.64. The summed E-state index contributed by atoms with van der Waals surface area (Å²) in [6, 6.07) is 10.7. The number of aliphatic hydroxyl groups excluding tert-OH is 1. The van der Waals surface area contributed by atoms with Crippen LogP contribution in [-0.2, 0) is 4.74 Å². The van der Waals surface area contributed by atoms with E-state index in [0.717, 1.165) is 22.2 Å². The summed E-state index contributed by atoms with van der Waals surface area (Å²) in [6.07, 6.45) is 1.94. The number of benzene rings is 2. The second kappa shape index (κ2) is 4.74. The van der Waals surface area contributed by atoms with Crippen molar-refractivity contribution in [2.24, 2.45) is 0 Å². The van der Waals surface area contributed by atoms with Gasteiger partial charge in [-0.2, -0.15) is 0 Å². The molecule has 1 fully saturated rings. The zero-order valence-corrected chi connectivity index (χ0v) is 12.3. The van der Waals surface area contributed by atoms with Gasteiger partial charge in [0.2, 0.25) is 0 Å². The van der Waals surface area contributed by atoms with E-state index in [2.05, 4.69) is 15.5 Å². The molecule has 116 valence electrons. The highest BCUT2D eigenvalue weighted by atomic mass is 19.1. The van der Waals surface area contributed by atoms with Crippen LogP contribution < -0.4 is 4.67 Å². The minimum Gasteiger partial charge on any atom is -0.366 e.